The molecule has 1 fully saturated rings. The summed E-state index contributed by atoms with van der Waals surface area (Å²) in [5.41, 5.74) is 5.55. The first-order valence-electron chi connectivity index (χ1n) is 20.7. The van der Waals surface area contributed by atoms with Crippen LogP contribution in [-0.2, 0) is 25.6 Å². The number of hydrogen-bond acceptors (Lipinski definition) is 15. The Kier molecular flexibility index (Phi) is 13.8. The van der Waals surface area contributed by atoms with Crippen molar-refractivity contribution in [3.63, 3.8) is 0 Å². The van der Waals surface area contributed by atoms with E-state index in [-0.39, 0.29) is 26.9 Å². The maximum absolute atomic E-state index is 13.1. The van der Waals surface area contributed by atoms with Crippen molar-refractivity contribution in [2.45, 2.75) is 18.6 Å². The summed E-state index contributed by atoms with van der Waals surface area (Å²) in [5, 5.41) is 22.3. The number of ketones is 1. The Morgan fingerprint density at radius 1 is 0.806 bits per heavy atom. The number of aromatic nitrogens is 1. The Hall–Kier alpha value is -6.09. The minimum atomic E-state index is -1.12. The summed E-state index contributed by atoms with van der Waals surface area (Å²) in [4.78, 5) is 57.9. The molecule has 6 heterocycles. The first-order valence-corrected chi connectivity index (χ1v) is 24.8. The minimum Gasteiger partial charge on any atom is -0.485 e. The molecule has 6 aromatic rings. The van der Waals surface area contributed by atoms with Crippen LogP contribution >= 0.6 is 70.6 Å². The number of pyridine rings is 1. The standard InChI is InChI=1S/C48H37N3O10S6/c1-25(52)35(66-47(62)49-23-39(53)54)21-36-44-42(58-15-17-60-44)33(64-36)13-9-26-7-11-31-29(19-26)41(28-5-3-2-4-6-28)30-20-27(8-12-32(30)50-31)10-14-34-43-45(61-18-16-59-43)37(65-34)22-38-46(57)51(24-40(55)56)48(63)67-38/h2-14,19-21,38H,15-18,22-24H2,1H3,(H,49,62)(H,53,54)(H,55,56)/b13-9+,14-10+,35-21+. The second-order valence-corrected chi connectivity index (χ2v) is 20.9. The highest BCUT2D eigenvalue weighted by Gasteiger charge is 2.39. The fourth-order valence-electron chi connectivity index (χ4n) is 7.60. The molecule has 19 heteroatoms. The molecule has 1 atom stereocenters. The summed E-state index contributed by atoms with van der Waals surface area (Å²) >= 11 is 15.7. The lowest BCUT2D eigenvalue weighted by molar-refractivity contribution is -0.141. The number of nitrogens with one attached hydrogen (secondary N) is 1. The number of benzene rings is 3. The zero-order valence-corrected chi connectivity index (χ0v) is 40.2. The predicted octanol–water partition coefficient (Wildman–Crippen LogP) is 9.54. The van der Waals surface area contributed by atoms with Crippen LogP contribution in [0.25, 0.3) is 63.3 Å². The Morgan fingerprint density at radius 3 is 1.99 bits per heavy atom. The summed E-state index contributed by atoms with van der Waals surface area (Å²) in [6.07, 6.45) is 9.99. The molecule has 1 unspecified atom stereocenters. The third-order valence-electron chi connectivity index (χ3n) is 10.5. The van der Waals surface area contributed by atoms with E-state index in [1.165, 1.54) is 41.4 Å². The smallest absolute Gasteiger partial charge is 0.323 e. The number of thiocarbonyl (C=S) groups is 2. The quantitative estimate of drug-likeness (QED) is 0.0534. The molecule has 0 saturated carbocycles. The van der Waals surface area contributed by atoms with Crippen LogP contribution in [0.5, 0.6) is 23.0 Å². The van der Waals surface area contributed by atoms with Gasteiger partial charge in [0.15, 0.2) is 28.8 Å². The monoisotopic (exact) mass is 1010 g/mol. The van der Waals surface area contributed by atoms with E-state index in [0.717, 1.165) is 75.4 Å². The van der Waals surface area contributed by atoms with E-state index < -0.39 is 23.7 Å². The minimum absolute atomic E-state index is 0.167. The Bertz CT molecular complexity index is 3120. The first kappa shape index (κ1) is 46.0. The maximum Gasteiger partial charge on any atom is 0.323 e. The third-order valence-corrected chi connectivity index (χ3v) is 15.7. The van der Waals surface area contributed by atoms with Gasteiger partial charge >= 0.3 is 11.9 Å². The molecule has 67 heavy (non-hydrogen) atoms. The van der Waals surface area contributed by atoms with Crippen molar-refractivity contribution in [3.8, 4) is 34.1 Å². The maximum atomic E-state index is 13.1. The Morgan fingerprint density at radius 2 is 1.39 bits per heavy atom. The summed E-state index contributed by atoms with van der Waals surface area (Å²) in [6, 6.07) is 22.5. The lowest BCUT2D eigenvalue weighted by atomic mass is 9.94. The van der Waals surface area contributed by atoms with Crippen LogP contribution in [0.1, 0.15) is 37.6 Å². The van der Waals surface area contributed by atoms with Crippen LogP contribution in [0.4, 0.5) is 0 Å². The van der Waals surface area contributed by atoms with Crippen molar-refractivity contribution < 1.29 is 48.3 Å². The second-order valence-electron chi connectivity index (χ2n) is 15.1. The third kappa shape index (κ3) is 10.1. The number of carboxylic acids is 2. The number of carboxylic acid groups (broad SMARTS) is 2. The number of carbonyl (C=O) groups is 4. The van der Waals surface area contributed by atoms with Gasteiger partial charge in [-0.1, -0.05) is 103 Å². The van der Waals surface area contributed by atoms with Gasteiger partial charge < -0.3 is 34.5 Å². The molecule has 3 aromatic heterocycles. The van der Waals surface area contributed by atoms with E-state index >= 15 is 0 Å². The van der Waals surface area contributed by atoms with Crippen molar-refractivity contribution >= 4 is 155 Å². The van der Waals surface area contributed by atoms with Gasteiger partial charge in [-0.25, -0.2) is 4.98 Å². The van der Waals surface area contributed by atoms with Crippen molar-refractivity contribution in [3.05, 3.63) is 102 Å². The molecule has 3 aliphatic heterocycles. The number of aliphatic carboxylic acids is 2. The number of allylic oxidation sites excluding steroid dienone is 1. The number of ether oxygens (including phenoxy) is 4. The van der Waals surface area contributed by atoms with Gasteiger partial charge in [-0.3, -0.25) is 24.1 Å². The van der Waals surface area contributed by atoms with Crippen LogP contribution < -0.4 is 24.3 Å². The van der Waals surface area contributed by atoms with Gasteiger partial charge in [0.1, 0.15) is 48.2 Å². The van der Waals surface area contributed by atoms with Crippen LogP contribution in [0.3, 0.4) is 0 Å². The van der Waals surface area contributed by atoms with Crippen LogP contribution in [0.2, 0.25) is 0 Å². The molecular weight excluding hydrogens is 971 g/mol. The number of fused-ring (bicyclic) bond motifs is 4. The number of thioether (sulfide) groups is 2. The average Bonchev–Trinajstić information content (AvgIpc) is 3.95. The molecule has 0 aliphatic carbocycles. The molecule has 3 aliphatic rings. The summed E-state index contributed by atoms with van der Waals surface area (Å²) in [6.45, 7) is 2.06. The molecule has 0 bridgehead atoms. The summed E-state index contributed by atoms with van der Waals surface area (Å²) in [5.74, 6) is -0.432. The van der Waals surface area contributed by atoms with Crippen molar-refractivity contribution in [1.29, 1.82) is 0 Å². The van der Waals surface area contributed by atoms with Crippen LogP contribution in [-0.4, -0.2) is 97.1 Å². The average molecular weight is 1010 g/mol. The fraction of sp³-hybridized carbons (Fsp3) is 0.188. The molecule has 13 nitrogen and oxygen atoms in total. The van der Waals surface area contributed by atoms with E-state index in [1.807, 2.05) is 66.8 Å². The van der Waals surface area contributed by atoms with Gasteiger partial charge in [-0.05, 0) is 66.1 Å². The molecule has 1 saturated heterocycles. The Balaban J connectivity index is 1.04. The molecule has 9 rings (SSSR count). The van der Waals surface area contributed by atoms with Gasteiger partial charge in [0.05, 0.1) is 40.7 Å². The normalized spacial score (nSPS) is 15.9. The summed E-state index contributed by atoms with van der Waals surface area (Å²) in [7, 11) is 0. The highest BCUT2D eigenvalue weighted by molar-refractivity contribution is 8.26. The molecule has 0 radical (unpaired) electrons. The SMILES string of the molecule is CC(=O)/C(=C\c1sc(/C=C/c2ccc3nc4ccc(/C=C/c5sc(CC6SC(=S)N(CC(=O)O)C6=O)c6c5OCCO6)cc4c(-c4ccccc4)c3c2)c2c1OCCO2)SC(=S)NCC(=O)O. The number of thiophene rings is 2. The number of nitrogens with zero attached hydrogens (tertiary/aromatic N) is 2. The largest absolute Gasteiger partial charge is 0.485 e. The van der Waals surface area contributed by atoms with Gasteiger partial charge in [0, 0.05) is 22.8 Å². The molecule has 1 amide bonds. The number of amides is 1. The molecular formula is C48H37N3O10S6. The first-order chi connectivity index (χ1) is 32.4. The predicted molar refractivity (Wildman–Crippen MR) is 275 cm³/mol. The van der Waals surface area contributed by atoms with Crippen LogP contribution in [0, 0.1) is 0 Å². The van der Waals surface area contributed by atoms with E-state index in [4.69, 9.17) is 53.5 Å². The van der Waals surface area contributed by atoms with Gasteiger partial charge in [-0.15, -0.1) is 22.7 Å². The van der Waals surface area contributed by atoms with Crippen molar-refractivity contribution in [1.82, 2.24) is 15.2 Å². The molecule has 3 N–H and O–H groups in total. The number of Topliss-reactive ketones (excluding diaryl/α,β-unsaturated/α-hetero) is 1. The lowest BCUT2D eigenvalue weighted by Crippen LogP contribution is -2.36. The van der Waals surface area contributed by atoms with Gasteiger partial charge in [0.2, 0.25) is 5.91 Å². The highest BCUT2D eigenvalue weighted by atomic mass is 32.2. The number of rotatable bonds is 14. The second kappa shape index (κ2) is 20.0. The topological polar surface area (TPSA) is 174 Å². The molecule has 3 aromatic carbocycles. The molecule has 340 valence electrons. The zero-order valence-electron chi connectivity index (χ0n) is 35.3. The van der Waals surface area contributed by atoms with Crippen LogP contribution in [0.15, 0.2) is 71.6 Å². The van der Waals surface area contributed by atoms with E-state index in [2.05, 4.69) is 29.6 Å². The fourth-order valence-corrected chi connectivity index (χ4v) is 12.5. The summed E-state index contributed by atoms with van der Waals surface area (Å²) < 4.78 is 24.7. The van der Waals surface area contributed by atoms with E-state index in [9.17, 15) is 24.3 Å². The number of carbonyl (C=O) groups excluding carboxylic acids is 2. The molecule has 0 spiro atoms. The van der Waals surface area contributed by atoms with Crippen molar-refractivity contribution in [2.75, 3.05) is 39.5 Å². The number of hydrogen-bond donors (Lipinski definition) is 3. The van der Waals surface area contributed by atoms with Crippen molar-refractivity contribution in [2.24, 2.45) is 0 Å². The zero-order chi connectivity index (χ0) is 46.8. The van der Waals surface area contributed by atoms with E-state index in [0.29, 0.717) is 65.6 Å². The van der Waals surface area contributed by atoms with E-state index in [1.54, 1.807) is 6.08 Å². The highest BCUT2D eigenvalue weighted by Crippen LogP contribution is 2.48. The van der Waals surface area contributed by atoms with Gasteiger partial charge in [-0.2, -0.15) is 0 Å². The lowest BCUT2D eigenvalue weighted by Gasteiger charge is -2.17. The Labute approximate surface area is 410 Å². The van der Waals surface area contributed by atoms with Gasteiger partial charge in [0.25, 0.3) is 0 Å².